The SMILES string of the molecule is CCN(CC)S(=O)(=O)c1ccc(C)c(C(=O)Nc2ccc(SC(F)F)cc2)c1. The molecule has 0 spiro atoms. The standard InChI is InChI=1S/C19H22F2N2O3S2/c1-4-23(5-2)28(25,26)16-11-6-13(3)17(12-16)18(24)22-14-7-9-15(10-8-14)27-19(20)21/h6-12,19H,4-5H2,1-3H3,(H,22,24). The Balaban J connectivity index is 2.26. The van der Waals surface area contributed by atoms with Crippen molar-refractivity contribution in [3.05, 3.63) is 53.6 Å². The maximum Gasteiger partial charge on any atom is 0.288 e. The molecule has 0 saturated heterocycles. The van der Waals surface area contributed by atoms with Crippen molar-refractivity contribution in [2.75, 3.05) is 18.4 Å². The second-order valence-electron chi connectivity index (χ2n) is 5.92. The fraction of sp³-hybridized carbons (Fsp3) is 0.316. The Hall–Kier alpha value is -1.97. The summed E-state index contributed by atoms with van der Waals surface area (Å²) in [7, 11) is -3.68. The minimum atomic E-state index is -3.68. The van der Waals surface area contributed by atoms with Crippen LogP contribution in [0.15, 0.2) is 52.3 Å². The maximum atomic E-state index is 12.7. The van der Waals surface area contributed by atoms with Gasteiger partial charge in [0.25, 0.3) is 11.7 Å². The van der Waals surface area contributed by atoms with Crippen LogP contribution < -0.4 is 5.32 Å². The monoisotopic (exact) mass is 428 g/mol. The largest absolute Gasteiger partial charge is 0.322 e. The van der Waals surface area contributed by atoms with E-state index in [4.69, 9.17) is 0 Å². The van der Waals surface area contributed by atoms with E-state index in [1.54, 1.807) is 26.8 Å². The van der Waals surface area contributed by atoms with Gasteiger partial charge in [-0.15, -0.1) is 0 Å². The fourth-order valence-electron chi connectivity index (χ4n) is 2.64. The van der Waals surface area contributed by atoms with Crippen LogP contribution in [0.25, 0.3) is 0 Å². The molecule has 0 radical (unpaired) electrons. The number of benzene rings is 2. The number of rotatable bonds is 8. The molecule has 0 aromatic heterocycles. The van der Waals surface area contributed by atoms with Crippen LogP contribution in [0.5, 0.6) is 0 Å². The van der Waals surface area contributed by atoms with Crippen molar-refractivity contribution in [2.24, 2.45) is 0 Å². The predicted octanol–water partition coefficient (Wildman–Crippen LogP) is 4.59. The molecule has 0 saturated carbocycles. The predicted molar refractivity (Wildman–Crippen MR) is 108 cm³/mol. The van der Waals surface area contributed by atoms with E-state index < -0.39 is 21.7 Å². The molecule has 0 heterocycles. The molecule has 0 aliphatic carbocycles. The van der Waals surface area contributed by atoms with Gasteiger partial charge in [0, 0.05) is 29.2 Å². The first-order valence-electron chi connectivity index (χ1n) is 8.66. The van der Waals surface area contributed by atoms with Gasteiger partial charge in [0.15, 0.2) is 0 Å². The van der Waals surface area contributed by atoms with Crippen LogP contribution in [0.4, 0.5) is 14.5 Å². The average Bonchev–Trinajstić information content (AvgIpc) is 2.63. The number of sulfonamides is 1. The summed E-state index contributed by atoms with van der Waals surface area (Å²) in [6, 6.07) is 10.5. The second kappa shape index (κ2) is 9.49. The Kier molecular flexibility index (Phi) is 7.56. The zero-order valence-electron chi connectivity index (χ0n) is 15.8. The summed E-state index contributed by atoms with van der Waals surface area (Å²) >= 11 is 0.419. The first-order chi connectivity index (χ1) is 13.2. The zero-order valence-corrected chi connectivity index (χ0v) is 17.4. The van der Waals surface area contributed by atoms with Crippen molar-refractivity contribution in [3.8, 4) is 0 Å². The Morgan fingerprint density at radius 3 is 2.25 bits per heavy atom. The molecule has 0 atom stereocenters. The summed E-state index contributed by atoms with van der Waals surface area (Å²) in [4.78, 5) is 13.1. The van der Waals surface area contributed by atoms with E-state index in [0.29, 0.717) is 41.0 Å². The number of amides is 1. The summed E-state index contributed by atoms with van der Waals surface area (Å²) in [5, 5.41) is 2.67. The van der Waals surface area contributed by atoms with Gasteiger partial charge >= 0.3 is 0 Å². The van der Waals surface area contributed by atoms with E-state index in [2.05, 4.69) is 5.32 Å². The van der Waals surface area contributed by atoms with Gasteiger partial charge in [0.1, 0.15) is 0 Å². The summed E-state index contributed by atoms with van der Waals surface area (Å²) < 4.78 is 51.5. The van der Waals surface area contributed by atoms with Crippen molar-refractivity contribution >= 4 is 33.4 Å². The van der Waals surface area contributed by atoms with Gasteiger partial charge in [-0.05, 0) is 48.9 Å². The van der Waals surface area contributed by atoms with Crippen molar-refractivity contribution in [1.82, 2.24) is 4.31 Å². The molecule has 0 unspecified atom stereocenters. The van der Waals surface area contributed by atoms with Gasteiger partial charge < -0.3 is 5.32 Å². The number of nitrogens with zero attached hydrogens (tertiary/aromatic N) is 1. The van der Waals surface area contributed by atoms with E-state index in [9.17, 15) is 22.0 Å². The number of aryl methyl sites for hydroxylation is 1. The van der Waals surface area contributed by atoms with Gasteiger partial charge in [0.05, 0.1) is 4.90 Å². The maximum absolute atomic E-state index is 12.7. The molecular weight excluding hydrogens is 406 g/mol. The molecule has 2 aromatic carbocycles. The highest BCUT2D eigenvalue weighted by Crippen LogP contribution is 2.26. The van der Waals surface area contributed by atoms with Crippen LogP contribution in [0.1, 0.15) is 29.8 Å². The molecule has 2 aromatic rings. The highest BCUT2D eigenvalue weighted by molar-refractivity contribution is 7.99. The molecule has 2 rings (SSSR count). The number of carbonyl (C=O) groups excluding carboxylic acids is 1. The van der Waals surface area contributed by atoms with Crippen LogP contribution in [-0.4, -0.2) is 37.5 Å². The zero-order chi connectivity index (χ0) is 20.9. The molecule has 28 heavy (non-hydrogen) atoms. The Labute approximate surface area is 168 Å². The highest BCUT2D eigenvalue weighted by atomic mass is 32.2. The van der Waals surface area contributed by atoms with E-state index in [1.807, 2.05) is 0 Å². The molecule has 0 bridgehead atoms. The summed E-state index contributed by atoms with van der Waals surface area (Å²) in [5.41, 5.74) is 1.29. The number of alkyl halides is 2. The van der Waals surface area contributed by atoms with Crippen molar-refractivity contribution in [2.45, 2.75) is 36.3 Å². The average molecular weight is 429 g/mol. The smallest absolute Gasteiger partial charge is 0.288 e. The Morgan fingerprint density at radius 1 is 1.11 bits per heavy atom. The summed E-state index contributed by atoms with van der Waals surface area (Å²) in [6.07, 6.45) is 0. The second-order valence-corrected chi connectivity index (χ2v) is 8.92. The van der Waals surface area contributed by atoms with Crippen LogP contribution in [0, 0.1) is 6.92 Å². The van der Waals surface area contributed by atoms with Gasteiger partial charge in [-0.3, -0.25) is 4.79 Å². The van der Waals surface area contributed by atoms with Gasteiger partial charge in [0.2, 0.25) is 10.0 Å². The number of anilines is 1. The number of carbonyl (C=O) groups is 1. The quantitative estimate of drug-likeness (QED) is 0.625. The molecule has 0 fully saturated rings. The minimum absolute atomic E-state index is 0.0515. The van der Waals surface area contributed by atoms with Gasteiger partial charge in [-0.1, -0.05) is 31.7 Å². The van der Waals surface area contributed by atoms with E-state index in [1.165, 1.54) is 40.7 Å². The lowest BCUT2D eigenvalue weighted by atomic mass is 10.1. The third-order valence-corrected chi connectivity index (χ3v) is 6.90. The highest BCUT2D eigenvalue weighted by Gasteiger charge is 2.23. The van der Waals surface area contributed by atoms with Crippen molar-refractivity contribution in [1.29, 1.82) is 0 Å². The van der Waals surface area contributed by atoms with Crippen molar-refractivity contribution < 1.29 is 22.0 Å². The lowest BCUT2D eigenvalue weighted by molar-refractivity contribution is 0.102. The van der Waals surface area contributed by atoms with E-state index >= 15 is 0 Å². The third-order valence-electron chi connectivity index (χ3n) is 4.13. The molecular formula is C19H22F2N2O3S2. The van der Waals surface area contributed by atoms with E-state index in [-0.39, 0.29) is 10.5 Å². The summed E-state index contributed by atoms with van der Waals surface area (Å²) in [6.45, 7) is 5.87. The molecule has 152 valence electrons. The molecule has 5 nitrogen and oxygen atoms in total. The van der Waals surface area contributed by atoms with Crippen LogP contribution >= 0.6 is 11.8 Å². The number of hydrogen-bond donors (Lipinski definition) is 1. The minimum Gasteiger partial charge on any atom is -0.322 e. The first kappa shape index (κ1) is 22.3. The number of thioether (sulfide) groups is 1. The molecule has 1 amide bonds. The van der Waals surface area contributed by atoms with E-state index in [0.717, 1.165) is 0 Å². The van der Waals surface area contributed by atoms with Crippen LogP contribution in [0.2, 0.25) is 0 Å². The van der Waals surface area contributed by atoms with Gasteiger partial charge in [-0.2, -0.15) is 13.1 Å². The van der Waals surface area contributed by atoms with Crippen molar-refractivity contribution in [3.63, 3.8) is 0 Å². The normalized spacial score (nSPS) is 11.8. The third kappa shape index (κ3) is 5.30. The molecule has 9 heteroatoms. The fourth-order valence-corrected chi connectivity index (χ4v) is 4.62. The van der Waals surface area contributed by atoms with Crippen LogP contribution in [-0.2, 0) is 10.0 Å². The lowest BCUT2D eigenvalue weighted by Crippen LogP contribution is -2.30. The number of halogens is 2. The topological polar surface area (TPSA) is 66.5 Å². The first-order valence-corrected chi connectivity index (χ1v) is 11.0. The van der Waals surface area contributed by atoms with Gasteiger partial charge in [-0.25, -0.2) is 8.42 Å². The van der Waals surface area contributed by atoms with Crippen LogP contribution in [0.3, 0.4) is 0 Å². The number of hydrogen-bond acceptors (Lipinski definition) is 4. The summed E-state index contributed by atoms with van der Waals surface area (Å²) in [5.74, 6) is -2.98. The number of nitrogens with one attached hydrogen (secondary N) is 1. The lowest BCUT2D eigenvalue weighted by Gasteiger charge is -2.19. The Morgan fingerprint density at radius 2 is 1.71 bits per heavy atom. The Bertz CT molecular complexity index is 929. The molecule has 1 N–H and O–H groups in total. The molecule has 0 aliphatic heterocycles. The molecule has 0 aliphatic rings.